The van der Waals surface area contributed by atoms with E-state index in [9.17, 15) is 0 Å². The van der Waals surface area contributed by atoms with Crippen molar-refractivity contribution in [2.75, 3.05) is 17.7 Å². The van der Waals surface area contributed by atoms with Crippen LogP contribution in [0.1, 0.15) is 42.6 Å². The number of ether oxygens (including phenoxy) is 1. The van der Waals surface area contributed by atoms with Crippen LogP contribution in [-0.4, -0.2) is 21.6 Å². The van der Waals surface area contributed by atoms with Crippen molar-refractivity contribution in [3.05, 3.63) is 89.5 Å². The van der Waals surface area contributed by atoms with Crippen LogP contribution >= 0.6 is 0 Å². The average molecular weight is 486 g/mol. The summed E-state index contributed by atoms with van der Waals surface area (Å²) in [6.07, 6.45) is 4.10. The molecule has 0 saturated heterocycles. The van der Waals surface area contributed by atoms with E-state index in [0.29, 0.717) is 35.3 Å². The topological polar surface area (TPSA) is 102 Å². The first kappa shape index (κ1) is 23.4. The van der Waals surface area contributed by atoms with Gasteiger partial charge in [0.25, 0.3) is 0 Å². The smallest absolute Gasteiger partial charge is 0.170 e. The molecule has 5 rings (SSSR count). The number of benzene rings is 2. The van der Waals surface area contributed by atoms with E-state index in [2.05, 4.69) is 20.3 Å². The summed E-state index contributed by atoms with van der Waals surface area (Å²) >= 11 is 0. The highest BCUT2D eigenvalue weighted by molar-refractivity contribution is 5.92. The Morgan fingerprint density at radius 1 is 1.11 bits per heavy atom. The fourth-order valence-corrected chi connectivity index (χ4v) is 4.29. The lowest BCUT2D eigenvalue weighted by atomic mass is 9.99. The van der Waals surface area contributed by atoms with E-state index in [1.807, 2.05) is 63.2 Å². The number of fused-ring (bicyclic) bond motifs is 1. The Bertz CT molecular complexity index is 1520. The van der Waals surface area contributed by atoms with Crippen molar-refractivity contribution in [2.45, 2.75) is 33.2 Å². The third-order valence-corrected chi connectivity index (χ3v) is 6.13. The molecular weight excluding hydrogens is 457 g/mol. The predicted molar refractivity (Wildman–Crippen MR) is 140 cm³/mol. The van der Waals surface area contributed by atoms with E-state index in [1.165, 1.54) is 0 Å². The summed E-state index contributed by atoms with van der Waals surface area (Å²) in [5, 5.41) is 5.25. The van der Waals surface area contributed by atoms with Crippen molar-refractivity contribution in [3.8, 4) is 17.2 Å². The second-order valence-corrected chi connectivity index (χ2v) is 8.59. The highest BCUT2D eigenvalue weighted by atomic mass is 19.1. The van der Waals surface area contributed by atoms with Crippen LogP contribution in [0.25, 0.3) is 22.2 Å². The maximum atomic E-state index is 15.8. The third kappa shape index (κ3) is 4.49. The number of imidazole rings is 1. The SMILES string of the molecule is CCOc1cc(CC)cc(C(Nc2ccc3c(N)nccc3c2)c2ncc(-c3ccc(C)o3)[nH]2)c1F. The van der Waals surface area contributed by atoms with Crippen LogP contribution in [0.2, 0.25) is 0 Å². The van der Waals surface area contributed by atoms with Gasteiger partial charge >= 0.3 is 0 Å². The summed E-state index contributed by atoms with van der Waals surface area (Å²) in [7, 11) is 0. The number of aromatic amines is 1. The zero-order valence-corrected chi connectivity index (χ0v) is 20.4. The lowest BCUT2D eigenvalue weighted by Crippen LogP contribution is -2.17. The van der Waals surface area contributed by atoms with Crippen molar-refractivity contribution in [3.63, 3.8) is 0 Å². The van der Waals surface area contributed by atoms with E-state index in [0.717, 1.165) is 34.2 Å². The number of halogens is 1. The normalized spacial score (nSPS) is 12.1. The molecule has 1 unspecified atom stereocenters. The number of aryl methyl sites for hydroxylation is 2. The van der Waals surface area contributed by atoms with Gasteiger partial charge in [-0.2, -0.15) is 0 Å². The number of pyridine rings is 1. The number of furan rings is 1. The lowest BCUT2D eigenvalue weighted by Gasteiger charge is -2.22. The van der Waals surface area contributed by atoms with Crippen LogP contribution in [0.3, 0.4) is 0 Å². The van der Waals surface area contributed by atoms with Crippen molar-refractivity contribution in [1.29, 1.82) is 0 Å². The molecule has 36 heavy (non-hydrogen) atoms. The largest absolute Gasteiger partial charge is 0.491 e. The fourth-order valence-electron chi connectivity index (χ4n) is 4.29. The van der Waals surface area contributed by atoms with Crippen LogP contribution in [-0.2, 0) is 6.42 Å². The fraction of sp³-hybridized carbons (Fsp3) is 0.214. The number of rotatable bonds is 8. The molecule has 0 saturated carbocycles. The van der Waals surface area contributed by atoms with Crippen LogP contribution in [0.15, 0.2) is 65.3 Å². The Labute approximate surface area is 208 Å². The molecule has 0 aliphatic heterocycles. The highest BCUT2D eigenvalue weighted by Gasteiger charge is 2.25. The van der Waals surface area contributed by atoms with Gasteiger partial charge in [0.05, 0.1) is 12.8 Å². The Kier molecular flexibility index (Phi) is 6.33. The van der Waals surface area contributed by atoms with Crippen LogP contribution in [0, 0.1) is 12.7 Å². The summed E-state index contributed by atoms with van der Waals surface area (Å²) in [5.41, 5.74) is 8.92. The van der Waals surface area contributed by atoms with Crippen LogP contribution < -0.4 is 15.8 Å². The van der Waals surface area contributed by atoms with Gasteiger partial charge in [-0.15, -0.1) is 0 Å². The minimum atomic E-state index is -0.628. The molecule has 3 heterocycles. The van der Waals surface area contributed by atoms with E-state index >= 15 is 4.39 Å². The van der Waals surface area contributed by atoms with E-state index < -0.39 is 11.9 Å². The molecule has 5 aromatic rings. The minimum absolute atomic E-state index is 0.226. The molecule has 0 radical (unpaired) electrons. The van der Waals surface area contributed by atoms with Crippen molar-refractivity contribution < 1.29 is 13.5 Å². The number of nitrogen functional groups attached to an aromatic ring is 1. The molecule has 2 aromatic carbocycles. The first-order valence-corrected chi connectivity index (χ1v) is 11.9. The molecule has 0 aliphatic carbocycles. The minimum Gasteiger partial charge on any atom is -0.491 e. The Morgan fingerprint density at radius 2 is 1.97 bits per heavy atom. The first-order chi connectivity index (χ1) is 17.5. The number of anilines is 2. The summed E-state index contributed by atoms with van der Waals surface area (Å²) in [5.74, 6) is 2.27. The Morgan fingerprint density at radius 3 is 2.72 bits per heavy atom. The first-order valence-electron chi connectivity index (χ1n) is 11.9. The number of aromatic nitrogens is 3. The maximum Gasteiger partial charge on any atom is 0.170 e. The van der Waals surface area contributed by atoms with Gasteiger partial charge in [0.1, 0.15) is 29.1 Å². The predicted octanol–water partition coefficient (Wildman–Crippen LogP) is 6.41. The Hall–Kier alpha value is -4.33. The summed E-state index contributed by atoms with van der Waals surface area (Å²) in [6, 6.07) is 14.4. The Balaban J connectivity index is 1.62. The second-order valence-electron chi connectivity index (χ2n) is 8.59. The van der Waals surface area contributed by atoms with Crippen LogP contribution in [0.5, 0.6) is 5.75 Å². The van der Waals surface area contributed by atoms with Crippen molar-refractivity contribution in [2.24, 2.45) is 0 Å². The summed E-state index contributed by atoms with van der Waals surface area (Å²) in [6.45, 7) is 6.12. The molecule has 0 amide bonds. The van der Waals surface area contributed by atoms with Gasteiger partial charge < -0.3 is 25.2 Å². The number of hydrogen-bond acceptors (Lipinski definition) is 6. The number of hydrogen-bond donors (Lipinski definition) is 3. The second kappa shape index (κ2) is 9.73. The molecule has 7 nitrogen and oxygen atoms in total. The highest BCUT2D eigenvalue weighted by Crippen LogP contribution is 2.35. The van der Waals surface area contributed by atoms with Gasteiger partial charge in [-0.1, -0.05) is 13.0 Å². The number of nitrogens with zero attached hydrogens (tertiary/aromatic N) is 2. The zero-order chi connectivity index (χ0) is 25.2. The van der Waals surface area contributed by atoms with E-state index in [1.54, 1.807) is 18.5 Å². The summed E-state index contributed by atoms with van der Waals surface area (Å²) < 4.78 is 27.2. The summed E-state index contributed by atoms with van der Waals surface area (Å²) in [4.78, 5) is 12.1. The zero-order valence-electron chi connectivity index (χ0n) is 20.4. The van der Waals surface area contributed by atoms with Gasteiger partial charge in [0.15, 0.2) is 17.3 Å². The number of nitrogens with one attached hydrogen (secondary N) is 2. The van der Waals surface area contributed by atoms with E-state index in [-0.39, 0.29) is 5.75 Å². The van der Waals surface area contributed by atoms with Gasteiger partial charge in [0.2, 0.25) is 0 Å². The van der Waals surface area contributed by atoms with Gasteiger partial charge in [0, 0.05) is 22.8 Å². The molecule has 1 atom stereocenters. The molecule has 184 valence electrons. The van der Waals surface area contributed by atoms with Crippen molar-refractivity contribution in [1.82, 2.24) is 15.0 Å². The molecule has 0 aliphatic rings. The third-order valence-electron chi connectivity index (χ3n) is 6.13. The van der Waals surface area contributed by atoms with Gasteiger partial charge in [-0.25, -0.2) is 14.4 Å². The van der Waals surface area contributed by atoms with Gasteiger partial charge in [-0.3, -0.25) is 0 Å². The standard InChI is InChI=1S/C28H28FN5O2/c1-4-17-12-21(25(29)24(13-17)35-5-2)26(28-32-15-22(34-28)23-9-6-16(3)36-23)33-19-7-8-20-18(14-19)10-11-31-27(20)30/h6-15,26,33H,4-5H2,1-3H3,(H2,30,31)(H,32,34). The quantitative estimate of drug-likeness (QED) is 0.235. The maximum absolute atomic E-state index is 15.8. The number of H-pyrrole nitrogens is 1. The molecule has 0 spiro atoms. The van der Waals surface area contributed by atoms with Crippen molar-refractivity contribution >= 4 is 22.3 Å². The van der Waals surface area contributed by atoms with Crippen LogP contribution in [0.4, 0.5) is 15.9 Å². The molecular formula is C28H28FN5O2. The molecule has 4 N–H and O–H groups in total. The molecule has 8 heteroatoms. The molecule has 0 fully saturated rings. The number of nitrogens with two attached hydrogens (primary N) is 1. The molecule has 3 aromatic heterocycles. The van der Waals surface area contributed by atoms with Gasteiger partial charge in [-0.05, 0) is 73.7 Å². The average Bonchev–Trinajstić information content (AvgIpc) is 3.53. The monoisotopic (exact) mass is 485 g/mol. The lowest BCUT2D eigenvalue weighted by molar-refractivity contribution is 0.319. The molecule has 0 bridgehead atoms. The van der Waals surface area contributed by atoms with E-state index in [4.69, 9.17) is 14.9 Å².